The molecule has 2 aromatic carbocycles. The minimum absolute atomic E-state index is 0.242. The molecule has 4 heteroatoms. The molecule has 0 aliphatic heterocycles. The van der Waals surface area contributed by atoms with Crippen molar-refractivity contribution in [3.63, 3.8) is 0 Å². The molecular formula is C21H22FNO2. The smallest absolute Gasteiger partial charge is 0.309 e. The van der Waals surface area contributed by atoms with E-state index in [-0.39, 0.29) is 18.2 Å². The average molecular weight is 339 g/mol. The second kappa shape index (κ2) is 8.34. The number of anilines is 1. The zero-order valence-corrected chi connectivity index (χ0v) is 14.8. The number of ether oxygens (including phenoxy) is 1. The lowest BCUT2D eigenvalue weighted by Gasteiger charge is -2.27. The van der Waals surface area contributed by atoms with Crippen LogP contribution in [0, 0.1) is 32.0 Å². The third kappa shape index (κ3) is 4.84. The van der Waals surface area contributed by atoms with Crippen molar-refractivity contribution in [2.24, 2.45) is 0 Å². The summed E-state index contributed by atoms with van der Waals surface area (Å²) in [6.07, 6.45) is 5.79. The van der Waals surface area contributed by atoms with Gasteiger partial charge in [-0.05, 0) is 48.2 Å². The third-order valence-corrected chi connectivity index (χ3v) is 4.01. The number of esters is 1. The Morgan fingerprint density at radius 1 is 1.16 bits per heavy atom. The van der Waals surface area contributed by atoms with Crippen molar-refractivity contribution in [3.05, 3.63) is 64.5 Å². The molecule has 0 bridgehead atoms. The van der Waals surface area contributed by atoms with Gasteiger partial charge in [-0.3, -0.25) is 4.79 Å². The van der Waals surface area contributed by atoms with Crippen molar-refractivity contribution in [1.82, 2.24) is 0 Å². The van der Waals surface area contributed by atoms with Crippen LogP contribution in [0.2, 0.25) is 0 Å². The van der Waals surface area contributed by atoms with Gasteiger partial charge in [0.1, 0.15) is 5.82 Å². The lowest BCUT2D eigenvalue weighted by atomic mass is 10.0. The van der Waals surface area contributed by atoms with Crippen LogP contribution in [0.4, 0.5) is 10.1 Å². The maximum Gasteiger partial charge on any atom is 0.309 e. The van der Waals surface area contributed by atoms with Crippen LogP contribution in [0.25, 0.3) is 0 Å². The van der Waals surface area contributed by atoms with E-state index >= 15 is 0 Å². The topological polar surface area (TPSA) is 29.5 Å². The summed E-state index contributed by atoms with van der Waals surface area (Å²) in [5.74, 6) is 2.16. The van der Waals surface area contributed by atoms with Crippen LogP contribution in [0.1, 0.15) is 22.3 Å². The van der Waals surface area contributed by atoms with Gasteiger partial charge < -0.3 is 9.64 Å². The van der Waals surface area contributed by atoms with Crippen molar-refractivity contribution >= 4 is 11.7 Å². The number of terminal acetylenes is 1. The number of rotatable bonds is 6. The highest BCUT2D eigenvalue weighted by Crippen LogP contribution is 2.28. The molecule has 0 unspecified atom stereocenters. The summed E-state index contributed by atoms with van der Waals surface area (Å²) in [5, 5.41) is 0. The Morgan fingerprint density at radius 2 is 1.76 bits per heavy atom. The monoisotopic (exact) mass is 339 g/mol. The first-order chi connectivity index (χ1) is 11.9. The fraction of sp³-hybridized carbons (Fsp3) is 0.286. The zero-order valence-electron chi connectivity index (χ0n) is 14.8. The summed E-state index contributed by atoms with van der Waals surface area (Å²) in [5.41, 5.74) is 5.01. The van der Waals surface area contributed by atoms with Gasteiger partial charge in [-0.15, -0.1) is 6.42 Å². The van der Waals surface area contributed by atoms with E-state index in [1.165, 1.54) is 19.2 Å². The first-order valence-electron chi connectivity index (χ1n) is 8.04. The summed E-state index contributed by atoms with van der Waals surface area (Å²) in [6, 6.07) is 10.4. The number of carbonyl (C=O) groups excluding carboxylic acids is 1. The van der Waals surface area contributed by atoms with Crippen LogP contribution in [-0.4, -0.2) is 19.6 Å². The van der Waals surface area contributed by atoms with Gasteiger partial charge in [-0.25, -0.2) is 4.39 Å². The van der Waals surface area contributed by atoms with E-state index in [0.29, 0.717) is 13.1 Å². The number of carbonyl (C=O) groups is 1. The molecule has 0 amide bonds. The summed E-state index contributed by atoms with van der Waals surface area (Å²) < 4.78 is 17.8. The van der Waals surface area contributed by atoms with Crippen LogP contribution in [0.5, 0.6) is 0 Å². The molecule has 0 fully saturated rings. The predicted octanol–water partition coefficient (Wildman–Crippen LogP) is 3.80. The highest BCUT2D eigenvalue weighted by molar-refractivity contribution is 5.73. The van der Waals surface area contributed by atoms with Crippen molar-refractivity contribution in [2.75, 3.05) is 18.6 Å². The van der Waals surface area contributed by atoms with Gasteiger partial charge in [0.05, 0.1) is 20.1 Å². The van der Waals surface area contributed by atoms with Crippen LogP contribution < -0.4 is 4.90 Å². The number of hydrogen-bond acceptors (Lipinski definition) is 3. The fourth-order valence-corrected chi connectivity index (χ4v) is 3.02. The minimum atomic E-state index is -0.265. The van der Waals surface area contributed by atoms with Crippen molar-refractivity contribution in [2.45, 2.75) is 26.8 Å². The molecule has 0 radical (unpaired) electrons. The maximum atomic E-state index is 13.1. The molecule has 0 aliphatic carbocycles. The fourth-order valence-electron chi connectivity index (χ4n) is 3.02. The number of hydrogen-bond donors (Lipinski definition) is 0. The molecule has 0 saturated carbocycles. The maximum absolute atomic E-state index is 13.1. The summed E-state index contributed by atoms with van der Waals surface area (Å²) >= 11 is 0. The Balaban J connectivity index is 2.32. The normalized spacial score (nSPS) is 10.2. The molecule has 2 aromatic rings. The van der Waals surface area contributed by atoms with E-state index < -0.39 is 0 Å². The lowest BCUT2D eigenvalue weighted by Crippen LogP contribution is -2.25. The van der Waals surface area contributed by atoms with Gasteiger partial charge in [0.25, 0.3) is 0 Å². The van der Waals surface area contributed by atoms with Crippen molar-refractivity contribution < 1.29 is 13.9 Å². The second-order valence-corrected chi connectivity index (χ2v) is 6.02. The third-order valence-electron chi connectivity index (χ3n) is 4.01. The van der Waals surface area contributed by atoms with Gasteiger partial charge in [0.2, 0.25) is 0 Å². The molecule has 0 spiro atoms. The molecule has 130 valence electrons. The molecule has 0 saturated heterocycles. The molecule has 0 N–H and O–H groups in total. The quantitative estimate of drug-likeness (QED) is 0.592. The Morgan fingerprint density at radius 3 is 2.28 bits per heavy atom. The van der Waals surface area contributed by atoms with Gasteiger partial charge in [-0.1, -0.05) is 30.2 Å². The number of aryl methyl sites for hydroxylation is 2. The van der Waals surface area contributed by atoms with E-state index in [1.807, 2.05) is 26.0 Å². The second-order valence-electron chi connectivity index (χ2n) is 6.02. The van der Waals surface area contributed by atoms with E-state index in [9.17, 15) is 9.18 Å². The Labute approximate surface area is 148 Å². The van der Waals surface area contributed by atoms with E-state index in [4.69, 9.17) is 11.2 Å². The van der Waals surface area contributed by atoms with Crippen LogP contribution in [0.15, 0.2) is 36.4 Å². The van der Waals surface area contributed by atoms with Crippen molar-refractivity contribution in [1.29, 1.82) is 0 Å². The van der Waals surface area contributed by atoms with Crippen molar-refractivity contribution in [3.8, 4) is 12.3 Å². The minimum Gasteiger partial charge on any atom is -0.469 e. The average Bonchev–Trinajstić information content (AvgIpc) is 2.56. The summed E-state index contributed by atoms with van der Waals surface area (Å²) in [4.78, 5) is 13.6. The standard InChI is InChI=1S/C21H22FNO2/c1-5-10-23(14-17-6-8-19(22)9-7-17)21-15(2)11-18(12-16(21)3)13-20(24)25-4/h1,6-9,11-12H,10,13-14H2,2-4H3. The molecule has 25 heavy (non-hydrogen) atoms. The number of nitrogens with zero attached hydrogens (tertiary/aromatic N) is 1. The zero-order chi connectivity index (χ0) is 18.4. The van der Waals surface area contributed by atoms with Gasteiger partial charge in [-0.2, -0.15) is 0 Å². The SMILES string of the molecule is C#CCN(Cc1ccc(F)cc1)c1c(C)cc(CC(=O)OC)cc1C. The number of benzene rings is 2. The van der Waals surface area contributed by atoms with Gasteiger partial charge >= 0.3 is 5.97 Å². The molecule has 3 nitrogen and oxygen atoms in total. The lowest BCUT2D eigenvalue weighted by molar-refractivity contribution is -0.139. The predicted molar refractivity (Wildman–Crippen MR) is 97.9 cm³/mol. The first kappa shape index (κ1) is 18.5. The Hall–Kier alpha value is -2.80. The highest BCUT2D eigenvalue weighted by Gasteiger charge is 2.14. The number of methoxy groups -OCH3 is 1. The van der Waals surface area contributed by atoms with E-state index in [0.717, 1.165) is 27.9 Å². The molecular weight excluding hydrogens is 317 g/mol. The van der Waals surface area contributed by atoms with Gasteiger partial charge in [0, 0.05) is 12.2 Å². The summed E-state index contributed by atoms with van der Waals surface area (Å²) in [6.45, 7) is 5.02. The molecule has 2 rings (SSSR count). The highest BCUT2D eigenvalue weighted by atomic mass is 19.1. The Kier molecular flexibility index (Phi) is 6.19. The molecule has 0 heterocycles. The van der Waals surface area contributed by atoms with Crippen LogP contribution in [-0.2, 0) is 22.5 Å². The molecule has 0 aliphatic rings. The van der Waals surface area contributed by atoms with Crippen LogP contribution >= 0.6 is 0 Å². The van der Waals surface area contributed by atoms with Gasteiger partial charge in [0.15, 0.2) is 0 Å². The Bertz CT molecular complexity index is 768. The summed E-state index contributed by atoms with van der Waals surface area (Å²) in [7, 11) is 1.38. The molecule has 0 aromatic heterocycles. The van der Waals surface area contributed by atoms with E-state index in [2.05, 4.69) is 10.8 Å². The number of halogens is 1. The van der Waals surface area contributed by atoms with Crippen LogP contribution in [0.3, 0.4) is 0 Å². The molecule has 0 atom stereocenters. The van der Waals surface area contributed by atoms with E-state index in [1.54, 1.807) is 12.1 Å². The largest absolute Gasteiger partial charge is 0.469 e. The first-order valence-corrected chi connectivity index (χ1v) is 8.04.